The van der Waals surface area contributed by atoms with Gasteiger partial charge < -0.3 is 10.1 Å². The highest BCUT2D eigenvalue weighted by Crippen LogP contribution is 1.97. The highest BCUT2D eigenvalue weighted by molar-refractivity contribution is 5.77. The van der Waals surface area contributed by atoms with Crippen LogP contribution in [0.1, 0.15) is 45.4 Å². The van der Waals surface area contributed by atoms with Crippen LogP contribution < -0.4 is 5.32 Å². The van der Waals surface area contributed by atoms with E-state index in [0.717, 1.165) is 19.3 Å². The maximum absolute atomic E-state index is 11.0. The summed E-state index contributed by atoms with van der Waals surface area (Å²) in [5.74, 6) is -0.0106. The topological polar surface area (TPSA) is 46.2 Å². The number of carbonyl (C=O) groups excluding carboxylic acids is 2. The lowest BCUT2D eigenvalue weighted by Gasteiger charge is -2.02. The molecule has 0 heterocycles. The van der Waals surface area contributed by atoms with Gasteiger partial charge in [0.2, 0.25) is 5.91 Å². The quantitative estimate of drug-likeness (QED) is 0.462. The Morgan fingerprint density at radius 3 is 2.69 bits per heavy atom. The summed E-state index contributed by atoms with van der Waals surface area (Å²) in [4.78, 5) is 20.9. The minimum atomic E-state index is -0.0106. The Kier molecular flexibility index (Phi) is 8.62. The van der Waals surface area contributed by atoms with Crippen molar-refractivity contribution in [2.24, 2.45) is 0 Å². The lowest BCUT2D eigenvalue weighted by Crippen LogP contribution is -2.24. The van der Waals surface area contributed by atoms with Gasteiger partial charge in [-0.15, -0.1) is 0 Å². The Morgan fingerprint density at radius 1 is 1.31 bits per heavy atom. The third kappa shape index (κ3) is 9.05. The molecule has 0 saturated carbocycles. The molecule has 0 radical (unpaired) electrons. The highest BCUT2D eigenvalue weighted by Gasteiger charge is 1.98. The molecule has 3 heteroatoms. The van der Waals surface area contributed by atoms with Gasteiger partial charge in [0.15, 0.2) is 0 Å². The summed E-state index contributed by atoms with van der Waals surface area (Å²) in [5, 5.41) is 2.78. The second-order valence-electron chi connectivity index (χ2n) is 3.12. The van der Waals surface area contributed by atoms with E-state index in [2.05, 4.69) is 12.2 Å². The largest absolute Gasteiger partial charge is 0.356 e. The minimum absolute atomic E-state index is 0.0106. The number of rotatable bonds is 8. The molecule has 0 aliphatic rings. The van der Waals surface area contributed by atoms with Gasteiger partial charge in [0.05, 0.1) is 0 Å². The van der Waals surface area contributed by atoms with E-state index in [0.29, 0.717) is 12.8 Å². The van der Waals surface area contributed by atoms with Crippen molar-refractivity contribution in [3.63, 3.8) is 0 Å². The summed E-state index contributed by atoms with van der Waals surface area (Å²) in [6.07, 6.45) is 6.09. The molecule has 1 amide bonds. The Labute approximate surface area is 79.9 Å². The van der Waals surface area contributed by atoms with Gasteiger partial charge in [0.1, 0.15) is 6.29 Å². The molecule has 0 saturated heterocycles. The number of unbranched alkanes of at least 4 members (excludes halogenated alkanes) is 3. The van der Waals surface area contributed by atoms with Crippen LogP contribution in [0, 0.1) is 0 Å². The van der Waals surface area contributed by atoms with Gasteiger partial charge in [-0.3, -0.25) is 4.79 Å². The number of aldehydes is 1. The van der Waals surface area contributed by atoms with E-state index in [9.17, 15) is 9.59 Å². The average Bonchev–Trinajstić information content (AvgIpc) is 2.14. The molecule has 0 aromatic rings. The molecule has 0 aromatic heterocycles. The second-order valence-corrected chi connectivity index (χ2v) is 3.12. The van der Waals surface area contributed by atoms with E-state index in [1.807, 2.05) is 0 Å². The van der Waals surface area contributed by atoms with Crippen molar-refractivity contribution in [2.45, 2.75) is 45.4 Å². The molecule has 0 fully saturated rings. The number of amides is 1. The summed E-state index contributed by atoms with van der Waals surface area (Å²) in [6, 6.07) is 0. The van der Waals surface area contributed by atoms with Gasteiger partial charge in [-0.1, -0.05) is 26.2 Å². The van der Waals surface area contributed by atoms with Gasteiger partial charge >= 0.3 is 0 Å². The normalized spacial score (nSPS) is 9.62. The maximum atomic E-state index is 11.0. The fraction of sp³-hybridized carbons (Fsp3) is 0.800. The third-order valence-electron chi connectivity index (χ3n) is 1.84. The molecule has 0 aromatic carbocycles. The smallest absolute Gasteiger partial charge is 0.220 e. The molecule has 0 aliphatic carbocycles. The van der Waals surface area contributed by atoms with Crippen LogP contribution in [0.15, 0.2) is 0 Å². The van der Waals surface area contributed by atoms with Crippen LogP contribution in [0.25, 0.3) is 0 Å². The van der Waals surface area contributed by atoms with Crippen LogP contribution in [-0.2, 0) is 9.59 Å². The monoisotopic (exact) mass is 185 g/mol. The van der Waals surface area contributed by atoms with Crippen LogP contribution in [-0.4, -0.2) is 18.7 Å². The molecule has 3 nitrogen and oxygen atoms in total. The molecule has 0 aliphatic heterocycles. The zero-order chi connectivity index (χ0) is 9.94. The summed E-state index contributed by atoms with van der Waals surface area (Å²) in [5.41, 5.74) is 0. The Morgan fingerprint density at radius 2 is 2.08 bits per heavy atom. The van der Waals surface area contributed by atoms with Crippen LogP contribution in [0.2, 0.25) is 0 Å². The molecule has 0 spiro atoms. The van der Waals surface area contributed by atoms with Crippen LogP contribution in [0.5, 0.6) is 0 Å². The first kappa shape index (κ1) is 12.1. The Balaban J connectivity index is 3.12. The highest BCUT2D eigenvalue weighted by atomic mass is 16.1. The molecule has 0 bridgehead atoms. The fourth-order valence-electron chi connectivity index (χ4n) is 1.06. The second kappa shape index (κ2) is 9.23. The van der Waals surface area contributed by atoms with Crippen LogP contribution in [0.4, 0.5) is 0 Å². The summed E-state index contributed by atoms with van der Waals surface area (Å²) >= 11 is 0. The van der Waals surface area contributed by atoms with Crippen molar-refractivity contribution in [3.8, 4) is 0 Å². The number of nitrogens with one attached hydrogen (secondary N) is 1. The summed E-state index contributed by atoms with van der Waals surface area (Å²) in [6.45, 7) is 2.90. The number of hydrogen-bond acceptors (Lipinski definition) is 2. The van der Waals surface area contributed by atoms with Crippen molar-refractivity contribution >= 4 is 12.2 Å². The first-order chi connectivity index (χ1) is 6.31. The standard InChI is InChI=1S/C10H19NO2/c1-2-3-4-5-8-11-10(13)7-6-9-12/h9H,2-8H2,1H3,(H,11,13). The maximum Gasteiger partial charge on any atom is 0.220 e. The zero-order valence-corrected chi connectivity index (χ0v) is 8.34. The van der Waals surface area contributed by atoms with E-state index in [-0.39, 0.29) is 5.91 Å². The fourth-order valence-corrected chi connectivity index (χ4v) is 1.06. The van der Waals surface area contributed by atoms with Crippen molar-refractivity contribution in [3.05, 3.63) is 0 Å². The first-order valence-corrected chi connectivity index (χ1v) is 5.01. The lowest BCUT2D eigenvalue weighted by atomic mass is 10.2. The van der Waals surface area contributed by atoms with Gasteiger partial charge in [-0.2, -0.15) is 0 Å². The van der Waals surface area contributed by atoms with Gasteiger partial charge in [0, 0.05) is 19.4 Å². The Bertz CT molecular complexity index is 146. The van der Waals surface area contributed by atoms with E-state index < -0.39 is 0 Å². The predicted molar refractivity (Wildman–Crippen MR) is 52.4 cm³/mol. The SMILES string of the molecule is CCCCCCNC(=O)CCC=O. The van der Waals surface area contributed by atoms with Gasteiger partial charge in [0.25, 0.3) is 0 Å². The van der Waals surface area contributed by atoms with Gasteiger partial charge in [-0.25, -0.2) is 0 Å². The van der Waals surface area contributed by atoms with Crippen molar-refractivity contribution in [1.82, 2.24) is 5.32 Å². The van der Waals surface area contributed by atoms with E-state index >= 15 is 0 Å². The third-order valence-corrected chi connectivity index (χ3v) is 1.84. The van der Waals surface area contributed by atoms with E-state index in [1.165, 1.54) is 19.3 Å². The van der Waals surface area contributed by atoms with Crippen LogP contribution in [0.3, 0.4) is 0 Å². The van der Waals surface area contributed by atoms with Crippen molar-refractivity contribution in [1.29, 1.82) is 0 Å². The van der Waals surface area contributed by atoms with E-state index in [1.54, 1.807) is 0 Å². The molecule has 0 rings (SSSR count). The molecular weight excluding hydrogens is 166 g/mol. The molecule has 76 valence electrons. The Hall–Kier alpha value is -0.860. The predicted octanol–water partition coefficient (Wildman–Crippen LogP) is 1.66. The van der Waals surface area contributed by atoms with Crippen molar-refractivity contribution < 1.29 is 9.59 Å². The first-order valence-electron chi connectivity index (χ1n) is 5.01. The number of carbonyl (C=O) groups is 2. The van der Waals surface area contributed by atoms with Crippen molar-refractivity contribution in [2.75, 3.05) is 6.54 Å². The zero-order valence-electron chi connectivity index (χ0n) is 8.34. The molecule has 1 N–H and O–H groups in total. The number of hydrogen-bond donors (Lipinski definition) is 1. The molecule has 0 atom stereocenters. The van der Waals surface area contributed by atoms with Crippen LogP contribution >= 0.6 is 0 Å². The van der Waals surface area contributed by atoms with Gasteiger partial charge in [-0.05, 0) is 6.42 Å². The van der Waals surface area contributed by atoms with E-state index in [4.69, 9.17) is 0 Å². The average molecular weight is 185 g/mol. The molecular formula is C10H19NO2. The lowest BCUT2D eigenvalue weighted by molar-refractivity contribution is -0.122. The molecule has 0 unspecified atom stereocenters. The summed E-state index contributed by atoms with van der Waals surface area (Å²) < 4.78 is 0. The minimum Gasteiger partial charge on any atom is -0.356 e. The molecule has 13 heavy (non-hydrogen) atoms. The summed E-state index contributed by atoms with van der Waals surface area (Å²) in [7, 11) is 0.